The van der Waals surface area contributed by atoms with Gasteiger partial charge in [-0.15, -0.1) is 0 Å². The van der Waals surface area contributed by atoms with Gasteiger partial charge in [0, 0.05) is 18.6 Å². The Labute approximate surface area is 134 Å². The Morgan fingerprint density at radius 2 is 2.09 bits per heavy atom. The molecule has 0 amide bonds. The molecule has 1 saturated heterocycles. The van der Waals surface area contributed by atoms with Crippen LogP contribution in [0, 0.1) is 5.92 Å². The number of ketones is 1. The summed E-state index contributed by atoms with van der Waals surface area (Å²) in [6.07, 6.45) is 7.04. The highest BCUT2D eigenvalue weighted by molar-refractivity contribution is 5.96. The second-order valence-corrected chi connectivity index (χ2v) is 6.10. The first-order chi connectivity index (χ1) is 10.8. The maximum Gasteiger partial charge on any atom is 0.163 e. The Hall–Kier alpha value is -1.19. The fourth-order valence-electron chi connectivity index (χ4n) is 2.97. The molecule has 0 saturated carbocycles. The maximum absolute atomic E-state index is 12.3. The number of carbonyl (C=O) groups excluding carboxylic acids is 1. The number of rotatable bonds is 9. The third-order valence-corrected chi connectivity index (χ3v) is 4.23. The van der Waals surface area contributed by atoms with E-state index in [-0.39, 0.29) is 12.1 Å². The highest BCUT2D eigenvalue weighted by Crippen LogP contribution is 2.20. The highest BCUT2D eigenvalue weighted by atomic mass is 16.7. The molecule has 1 aliphatic rings. The number of carbonyl (C=O) groups is 1. The van der Waals surface area contributed by atoms with Gasteiger partial charge in [-0.25, -0.2) is 0 Å². The molecule has 122 valence electrons. The van der Waals surface area contributed by atoms with E-state index in [1.165, 1.54) is 6.42 Å². The van der Waals surface area contributed by atoms with E-state index < -0.39 is 0 Å². The second-order valence-electron chi connectivity index (χ2n) is 6.10. The van der Waals surface area contributed by atoms with Crippen molar-refractivity contribution in [3.63, 3.8) is 0 Å². The minimum atomic E-state index is -0.0270. The first-order valence-electron chi connectivity index (χ1n) is 8.61. The maximum atomic E-state index is 12.3. The molecule has 22 heavy (non-hydrogen) atoms. The van der Waals surface area contributed by atoms with Gasteiger partial charge < -0.3 is 9.47 Å². The zero-order valence-corrected chi connectivity index (χ0v) is 13.6. The standard InChI is InChI=1S/C19H28O3/c1-2-8-16(12-14-22-19-11-6-7-13-21-19)15-18(20)17-9-4-3-5-10-17/h3-5,9-10,16,19H,2,6-8,11-15H2,1H3. The van der Waals surface area contributed by atoms with Crippen LogP contribution >= 0.6 is 0 Å². The van der Waals surface area contributed by atoms with Crippen LogP contribution in [-0.4, -0.2) is 25.3 Å². The molecule has 1 fully saturated rings. The largest absolute Gasteiger partial charge is 0.353 e. The Balaban J connectivity index is 1.75. The zero-order chi connectivity index (χ0) is 15.6. The molecule has 2 rings (SSSR count). The normalized spacial score (nSPS) is 19.8. The summed E-state index contributed by atoms with van der Waals surface area (Å²) in [5.41, 5.74) is 0.820. The monoisotopic (exact) mass is 304 g/mol. The first kappa shape index (κ1) is 17.2. The first-order valence-corrected chi connectivity index (χ1v) is 8.61. The van der Waals surface area contributed by atoms with Gasteiger partial charge in [0.15, 0.2) is 12.1 Å². The van der Waals surface area contributed by atoms with Crippen molar-refractivity contribution in [2.45, 2.75) is 58.2 Å². The van der Waals surface area contributed by atoms with Crippen LogP contribution in [0.3, 0.4) is 0 Å². The molecule has 0 bridgehead atoms. The Kier molecular flexibility index (Phi) is 7.61. The van der Waals surface area contributed by atoms with E-state index in [2.05, 4.69) is 6.92 Å². The summed E-state index contributed by atoms with van der Waals surface area (Å²) in [6.45, 7) is 3.68. The van der Waals surface area contributed by atoms with Crippen molar-refractivity contribution in [3.05, 3.63) is 35.9 Å². The molecular formula is C19H28O3. The molecule has 0 N–H and O–H groups in total. The number of ether oxygens (including phenoxy) is 2. The predicted molar refractivity (Wildman–Crippen MR) is 87.9 cm³/mol. The average Bonchev–Trinajstić information content (AvgIpc) is 2.57. The molecule has 0 radical (unpaired) electrons. The molecule has 1 aromatic carbocycles. The molecular weight excluding hydrogens is 276 g/mol. The predicted octanol–water partition coefficient (Wildman–Crippen LogP) is 4.61. The lowest BCUT2D eigenvalue weighted by Gasteiger charge is -2.24. The van der Waals surface area contributed by atoms with E-state index in [1.54, 1.807) is 0 Å². The van der Waals surface area contributed by atoms with Crippen molar-refractivity contribution in [2.75, 3.05) is 13.2 Å². The Morgan fingerprint density at radius 3 is 2.77 bits per heavy atom. The molecule has 3 heteroatoms. The van der Waals surface area contributed by atoms with Crippen molar-refractivity contribution in [1.82, 2.24) is 0 Å². The molecule has 0 spiro atoms. The molecule has 0 aliphatic carbocycles. The van der Waals surface area contributed by atoms with Crippen molar-refractivity contribution in [3.8, 4) is 0 Å². The highest BCUT2D eigenvalue weighted by Gasteiger charge is 2.17. The van der Waals surface area contributed by atoms with E-state index in [0.29, 0.717) is 18.9 Å². The third-order valence-electron chi connectivity index (χ3n) is 4.23. The zero-order valence-electron chi connectivity index (χ0n) is 13.6. The van der Waals surface area contributed by atoms with Gasteiger partial charge in [-0.1, -0.05) is 50.1 Å². The van der Waals surface area contributed by atoms with Crippen LogP contribution in [-0.2, 0) is 9.47 Å². The smallest absolute Gasteiger partial charge is 0.163 e. The Bertz CT molecular complexity index is 424. The van der Waals surface area contributed by atoms with E-state index in [9.17, 15) is 4.79 Å². The van der Waals surface area contributed by atoms with Gasteiger partial charge in [-0.3, -0.25) is 4.79 Å². The van der Waals surface area contributed by atoms with E-state index in [4.69, 9.17) is 9.47 Å². The molecule has 1 aromatic rings. The van der Waals surface area contributed by atoms with E-state index in [1.807, 2.05) is 30.3 Å². The van der Waals surface area contributed by atoms with E-state index >= 15 is 0 Å². The minimum Gasteiger partial charge on any atom is -0.353 e. The fourth-order valence-corrected chi connectivity index (χ4v) is 2.97. The van der Waals surface area contributed by atoms with Crippen molar-refractivity contribution < 1.29 is 14.3 Å². The minimum absolute atomic E-state index is 0.0270. The Morgan fingerprint density at radius 1 is 1.27 bits per heavy atom. The van der Waals surface area contributed by atoms with Crippen LogP contribution in [0.25, 0.3) is 0 Å². The van der Waals surface area contributed by atoms with Crippen molar-refractivity contribution in [1.29, 1.82) is 0 Å². The summed E-state index contributed by atoms with van der Waals surface area (Å²) < 4.78 is 11.4. The van der Waals surface area contributed by atoms with Gasteiger partial charge >= 0.3 is 0 Å². The quantitative estimate of drug-likeness (QED) is 0.625. The van der Waals surface area contributed by atoms with Crippen LogP contribution in [0.1, 0.15) is 62.2 Å². The van der Waals surface area contributed by atoms with Gasteiger partial charge in [0.05, 0.1) is 6.61 Å². The molecule has 3 nitrogen and oxygen atoms in total. The fraction of sp³-hybridized carbons (Fsp3) is 0.632. The van der Waals surface area contributed by atoms with Crippen molar-refractivity contribution >= 4 is 5.78 Å². The van der Waals surface area contributed by atoms with Crippen LogP contribution < -0.4 is 0 Å². The van der Waals surface area contributed by atoms with Crippen LogP contribution in [0.5, 0.6) is 0 Å². The summed E-state index contributed by atoms with van der Waals surface area (Å²) in [7, 11) is 0. The number of benzene rings is 1. The lowest BCUT2D eigenvalue weighted by Crippen LogP contribution is -2.23. The lowest BCUT2D eigenvalue weighted by molar-refractivity contribution is -0.164. The number of hydrogen-bond donors (Lipinski definition) is 0. The second kappa shape index (κ2) is 9.75. The topological polar surface area (TPSA) is 35.5 Å². The van der Waals surface area contributed by atoms with E-state index in [0.717, 1.165) is 44.3 Å². The summed E-state index contributed by atoms with van der Waals surface area (Å²) in [5.74, 6) is 0.647. The van der Waals surface area contributed by atoms with Crippen LogP contribution in [0.15, 0.2) is 30.3 Å². The molecule has 2 atom stereocenters. The van der Waals surface area contributed by atoms with Gasteiger partial charge in [0.25, 0.3) is 0 Å². The summed E-state index contributed by atoms with van der Waals surface area (Å²) in [6, 6.07) is 9.59. The lowest BCUT2D eigenvalue weighted by atomic mass is 9.92. The number of Topliss-reactive ketones (excluding diaryl/α,β-unsaturated/α-hetero) is 1. The third kappa shape index (κ3) is 5.90. The van der Waals surface area contributed by atoms with Gasteiger partial charge in [0.2, 0.25) is 0 Å². The summed E-state index contributed by atoms with van der Waals surface area (Å²) >= 11 is 0. The average molecular weight is 304 g/mol. The SMILES string of the molecule is CCCC(CCOC1CCCCO1)CC(=O)c1ccccc1. The molecule has 0 aromatic heterocycles. The van der Waals surface area contributed by atoms with Gasteiger partial charge in [-0.2, -0.15) is 0 Å². The van der Waals surface area contributed by atoms with Crippen molar-refractivity contribution in [2.24, 2.45) is 5.92 Å². The number of hydrogen-bond acceptors (Lipinski definition) is 3. The van der Waals surface area contributed by atoms with Crippen LogP contribution in [0.2, 0.25) is 0 Å². The van der Waals surface area contributed by atoms with Crippen LogP contribution in [0.4, 0.5) is 0 Å². The molecule has 1 aliphatic heterocycles. The molecule has 2 unspecified atom stereocenters. The van der Waals surface area contributed by atoms with Gasteiger partial charge in [0.1, 0.15) is 0 Å². The van der Waals surface area contributed by atoms with Gasteiger partial charge in [-0.05, 0) is 31.6 Å². The molecule has 1 heterocycles. The summed E-state index contributed by atoms with van der Waals surface area (Å²) in [5, 5.41) is 0. The summed E-state index contributed by atoms with van der Waals surface area (Å²) in [4.78, 5) is 12.3.